The van der Waals surface area contributed by atoms with E-state index in [1.165, 1.54) is 0 Å². The Morgan fingerprint density at radius 3 is 2.48 bits per heavy atom. The van der Waals surface area contributed by atoms with E-state index in [2.05, 4.69) is 23.1 Å². The van der Waals surface area contributed by atoms with Crippen molar-refractivity contribution in [2.75, 3.05) is 20.1 Å². The fraction of sp³-hybridized carbons (Fsp3) is 0.350. The highest BCUT2D eigenvalue weighted by Crippen LogP contribution is 2.50. The highest BCUT2D eigenvalue weighted by molar-refractivity contribution is 5.56. The lowest BCUT2D eigenvalue weighted by Gasteiger charge is -2.45. The first kappa shape index (κ1) is 16.8. The molecule has 2 atom stereocenters. The van der Waals surface area contributed by atoms with E-state index in [1.54, 1.807) is 0 Å². The zero-order valence-electron chi connectivity index (χ0n) is 14.1. The highest BCUT2D eigenvalue weighted by Gasteiger charge is 2.53. The van der Waals surface area contributed by atoms with Crippen LogP contribution >= 0.6 is 0 Å². The number of nitrogens with zero attached hydrogens (tertiary/aromatic N) is 4. The van der Waals surface area contributed by atoms with Gasteiger partial charge >= 0.3 is 0 Å². The molecule has 124 valence electrons. The van der Waals surface area contributed by atoms with Crippen LogP contribution in [0.1, 0.15) is 5.56 Å². The van der Waals surface area contributed by atoms with Crippen LogP contribution in [0.2, 0.25) is 0 Å². The zero-order chi connectivity index (χ0) is 18.0. The van der Waals surface area contributed by atoms with E-state index in [0.29, 0.717) is 18.5 Å². The van der Waals surface area contributed by atoms with Gasteiger partial charge in [-0.3, -0.25) is 0 Å². The lowest BCUT2D eigenvalue weighted by molar-refractivity contribution is 0.186. The second kappa shape index (κ2) is 6.44. The third-order valence-electron chi connectivity index (χ3n) is 5.32. The summed E-state index contributed by atoms with van der Waals surface area (Å²) in [6.45, 7) is 1.43. The van der Waals surface area contributed by atoms with Gasteiger partial charge in [0, 0.05) is 24.9 Å². The SMILES string of the molecule is CN1CC=C2C(C#N)=C(N)C(C#N)(C#N)[C@H](Cc3ccccc3)[C@H]2C1. The molecular weight excluding hydrogens is 310 g/mol. The first-order valence-corrected chi connectivity index (χ1v) is 8.23. The molecule has 0 unspecified atom stereocenters. The van der Waals surface area contributed by atoms with Gasteiger partial charge in [0.15, 0.2) is 5.41 Å². The standard InChI is InChI=1S/C20H19N5/c1-25-8-7-15-16(10-21)19(24)20(12-22,13-23)18(17(15)11-25)9-14-5-3-2-4-6-14/h2-7,17-18H,8-9,11,24H2,1H3/t17-,18+/m0/s1. The smallest absolute Gasteiger partial charge is 0.187 e. The van der Waals surface area contributed by atoms with Crippen molar-refractivity contribution >= 4 is 0 Å². The van der Waals surface area contributed by atoms with Crippen molar-refractivity contribution in [3.63, 3.8) is 0 Å². The first-order valence-electron chi connectivity index (χ1n) is 8.23. The average Bonchev–Trinajstić information content (AvgIpc) is 2.64. The van der Waals surface area contributed by atoms with Gasteiger partial charge in [0.1, 0.15) is 6.07 Å². The lowest BCUT2D eigenvalue weighted by atomic mass is 9.58. The molecule has 2 N–H and O–H groups in total. The molecular formula is C20H19N5. The second-order valence-electron chi connectivity index (χ2n) is 6.72. The van der Waals surface area contributed by atoms with Gasteiger partial charge in [-0.2, -0.15) is 15.8 Å². The quantitative estimate of drug-likeness (QED) is 0.895. The number of fused-ring (bicyclic) bond motifs is 1. The summed E-state index contributed by atoms with van der Waals surface area (Å²) in [4.78, 5) is 2.14. The van der Waals surface area contributed by atoms with E-state index in [1.807, 2.05) is 43.5 Å². The van der Waals surface area contributed by atoms with Crippen LogP contribution in [0.4, 0.5) is 0 Å². The minimum atomic E-state index is -1.49. The molecule has 1 aliphatic carbocycles. The molecule has 3 rings (SSSR count). The molecule has 2 aliphatic rings. The Kier molecular flexibility index (Phi) is 4.32. The summed E-state index contributed by atoms with van der Waals surface area (Å²) in [5, 5.41) is 29.4. The predicted octanol–water partition coefficient (Wildman–Crippen LogP) is 2.12. The molecule has 0 saturated carbocycles. The van der Waals surface area contributed by atoms with Gasteiger partial charge in [-0.15, -0.1) is 0 Å². The van der Waals surface area contributed by atoms with Crippen LogP contribution in [0.25, 0.3) is 0 Å². The molecule has 5 nitrogen and oxygen atoms in total. The first-order chi connectivity index (χ1) is 12.1. The number of hydrogen-bond acceptors (Lipinski definition) is 5. The van der Waals surface area contributed by atoms with Crippen LogP contribution in [0, 0.1) is 51.2 Å². The number of likely N-dealkylation sites (N-methyl/N-ethyl adjacent to an activating group) is 1. The average molecular weight is 329 g/mol. The van der Waals surface area contributed by atoms with Crippen molar-refractivity contribution in [1.82, 2.24) is 4.90 Å². The lowest BCUT2D eigenvalue weighted by Crippen LogP contribution is -2.49. The van der Waals surface area contributed by atoms with Crippen molar-refractivity contribution in [1.29, 1.82) is 15.8 Å². The minimum absolute atomic E-state index is 0.0693. The number of nitriles is 3. The van der Waals surface area contributed by atoms with Crippen molar-refractivity contribution in [2.45, 2.75) is 6.42 Å². The Morgan fingerprint density at radius 1 is 1.20 bits per heavy atom. The fourth-order valence-corrected chi connectivity index (χ4v) is 4.00. The molecule has 1 aromatic carbocycles. The Labute approximate surface area is 147 Å². The van der Waals surface area contributed by atoms with Gasteiger partial charge in [0.25, 0.3) is 0 Å². The molecule has 0 fully saturated rings. The summed E-state index contributed by atoms with van der Waals surface area (Å²) in [7, 11) is 2.00. The van der Waals surface area contributed by atoms with Crippen molar-refractivity contribution in [2.24, 2.45) is 23.0 Å². The van der Waals surface area contributed by atoms with Gasteiger partial charge in [0.2, 0.25) is 0 Å². The maximum Gasteiger partial charge on any atom is 0.187 e. The molecule has 25 heavy (non-hydrogen) atoms. The third kappa shape index (κ3) is 2.58. The molecule has 1 aliphatic heterocycles. The molecule has 5 heteroatoms. The van der Waals surface area contributed by atoms with Crippen LogP contribution in [-0.2, 0) is 6.42 Å². The zero-order valence-corrected chi connectivity index (χ0v) is 14.1. The Bertz CT molecular complexity index is 846. The normalized spacial score (nSPS) is 25.1. The van der Waals surface area contributed by atoms with Crippen molar-refractivity contribution < 1.29 is 0 Å². The number of nitrogens with two attached hydrogens (primary N) is 1. The summed E-state index contributed by atoms with van der Waals surface area (Å²) in [5.74, 6) is -0.365. The van der Waals surface area contributed by atoms with E-state index in [9.17, 15) is 15.8 Å². The molecule has 0 aromatic heterocycles. The number of benzene rings is 1. The van der Waals surface area contributed by atoms with Gasteiger partial charge < -0.3 is 10.6 Å². The number of allylic oxidation sites excluding steroid dienone is 2. The maximum absolute atomic E-state index is 9.90. The second-order valence-corrected chi connectivity index (χ2v) is 6.72. The van der Waals surface area contributed by atoms with Gasteiger partial charge in [-0.1, -0.05) is 36.4 Å². The predicted molar refractivity (Wildman–Crippen MR) is 93.2 cm³/mol. The summed E-state index contributed by atoms with van der Waals surface area (Å²) in [5.41, 5.74) is 7.11. The minimum Gasteiger partial charge on any atom is -0.399 e. The Balaban J connectivity index is 2.19. The number of rotatable bonds is 2. The summed E-state index contributed by atoms with van der Waals surface area (Å²) < 4.78 is 0. The van der Waals surface area contributed by atoms with E-state index < -0.39 is 5.41 Å². The largest absolute Gasteiger partial charge is 0.399 e. The third-order valence-corrected chi connectivity index (χ3v) is 5.32. The summed E-state index contributed by atoms with van der Waals surface area (Å²) >= 11 is 0. The van der Waals surface area contributed by atoms with E-state index >= 15 is 0 Å². The van der Waals surface area contributed by atoms with Crippen LogP contribution in [0.15, 0.2) is 53.3 Å². The monoisotopic (exact) mass is 329 g/mol. The maximum atomic E-state index is 9.90. The van der Waals surface area contributed by atoms with Crippen molar-refractivity contribution in [3.05, 3.63) is 58.8 Å². The van der Waals surface area contributed by atoms with E-state index in [0.717, 1.165) is 17.7 Å². The van der Waals surface area contributed by atoms with Crippen molar-refractivity contribution in [3.8, 4) is 18.2 Å². The van der Waals surface area contributed by atoms with Gasteiger partial charge in [-0.25, -0.2) is 0 Å². The molecule has 0 spiro atoms. The van der Waals surface area contributed by atoms with Crippen LogP contribution in [-0.4, -0.2) is 25.0 Å². The summed E-state index contributed by atoms with van der Waals surface area (Å²) in [6, 6.07) is 16.3. The Morgan fingerprint density at radius 2 is 1.88 bits per heavy atom. The van der Waals surface area contributed by atoms with E-state index in [-0.39, 0.29) is 17.5 Å². The molecule has 0 radical (unpaired) electrons. The van der Waals surface area contributed by atoms with Gasteiger partial charge in [0.05, 0.1) is 23.4 Å². The van der Waals surface area contributed by atoms with Crippen LogP contribution < -0.4 is 5.73 Å². The number of hydrogen-bond donors (Lipinski definition) is 1. The van der Waals surface area contributed by atoms with Crippen LogP contribution in [0.3, 0.4) is 0 Å². The molecule has 1 heterocycles. The van der Waals surface area contributed by atoms with E-state index in [4.69, 9.17) is 5.73 Å². The molecule has 1 aromatic rings. The topological polar surface area (TPSA) is 101 Å². The highest BCUT2D eigenvalue weighted by atomic mass is 15.1. The molecule has 0 amide bonds. The molecule has 0 bridgehead atoms. The van der Waals surface area contributed by atoms with Crippen LogP contribution in [0.5, 0.6) is 0 Å². The molecule has 0 saturated heterocycles. The summed E-state index contributed by atoms with van der Waals surface area (Å²) in [6.07, 6.45) is 2.58. The Hall–Kier alpha value is -3.07. The fourth-order valence-electron chi connectivity index (χ4n) is 4.00. The van der Waals surface area contributed by atoms with Gasteiger partial charge in [-0.05, 0) is 24.6 Å².